The summed E-state index contributed by atoms with van der Waals surface area (Å²) in [6.45, 7) is 4.75. The maximum absolute atomic E-state index is 2.59. The molecule has 0 unspecified atom stereocenters. The zero-order valence-electron chi connectivity index (χ0n) is 39.6. The second kappa shape index (κ2) is 14.9. The van der Waals surface area contributed by atoms with Crippen LogP contribution in [0.3, 0.4) is 0 Å². The van der Waals surface area contributed by atoms with Gasteiger partial charge in [-0.25, -0.2) is 0 Å². The summed E-state index contributed by atoms with van der Waals surface area (Å²) in [6, 6.07) is 93.9. The molecule has 0 amide bonds. The zero-order valence-corrected chi connectivity index (χ0v) is 39.6. The van der Waals surface area contributed by atoms with Gasteiger partial charge in [-0.05, 0) is 147 Å². The van der Waals surface area contributed by atoms with E-state index < -0.39 is 5.41 Å². The lowest BCUT2D eigenvalue weighted by Gasteiger charge is -2.33. The molecule has 0 aromatic heterocycles. The monoisotopic (exact) mass is 901 g/mol. The third kappa shape index (κ3) is 5.46. The Bertz CT molecular complexity index is 4110. The second-order valence-electron chi connectivity index (χ2n) is 20.3. The highest BCUT2D eigenvalue weighted by atomic mass is 15.1. The largest absolute Gasteiger partial charge is 0.310 e. The fraction of sp³-hybridized carbons (Fsp3) is 0.0571. The number of anilines is 3. The highest BCUT2D eigenvalue weighted by Gasteiger charge is 2.51. The van der Waals surface area contributed by atoms with Gasteiger partial charge in [-0.3, -0.25) is 0 Å². The summed E-state index contributed by atoms with van der Waals surface area (Å²) in [5.41, 5.74) is 23.4. The summed E-state index contributed by atoms with van der Waals surface area (Å²) in [5, 5.41) is 7.53. The van der Waals surface area contributed by atoms with Crippen molar-refractivity contribution in [2.45, 2.75) is 24.7 Å². The fourth-order valence-corrected chi connectivity index (χ4v) is 13.4. The molecule has 0 atom stereocenters. The van der Waals surface area contributed by atoms with Gasteiger partial charge in [0, 0.05) is 27.7 Å². The Balaban J connectivity index is 1.08. The molecule has 0 aliphatic heterocycles. The molecule has 71 heavy (non-hydrogen) atoms. The van der Waals surface area contributed by atoms with Crippen LogP contribution in [-0.2, 0) is 10.8 Å². The van der Waals surface area contributed by atoms with Gasteiger partial charge < -0.3 is 4.90 Å². The van der Waals surface area contributed by atoms with E-state index >= 15 is 0 Å². The minimum atomic E-state index is -0.493. The van der Waals surface area contributed by atoms with Crippen LogP contribution in [0.5, 0.6) is 0 Å². The molecule has 12 aromatic carbocycles. The summed E-state index contributed by atoms with van der Waals surface area (Å²) < 4.78 is 0. The van der Waals surface area contributed by atoms with E-state index in [2.05, 4.69) is 267 Å². The molecule has 0 N–H and O–H groups in total. The van der Waals surface area contributed by atoms with E-state index in [-0.39, 0.29) is 5.41 Å². The first-order valence-corrected chi connectivity index (χ1v) is 25.0. The second-order valence-corrected chi connectivity index (χ2v) is 20.3. The van der Waals surface area contributed by atoms with Crippen LogP contribution in [0.4, 0.5) is 17.1 Å². The average molecular weight is 902 g/mol. The van der Waals surface area contributed by atoms with E-state index in [1.807, 2.05) is 0 Å². The van der Waals surface area contributed by atoms with Crippen molar-refractivity contribution in [2.75, 3.05) is 4.90 Å². The van der Waals surface area contributed by atoms with Crippen molar-refractivity contribution in [3.8, 4) is 55.6 Å². The summed E-state index contributed by atoms with van der Waals surface area (Å²) in [7, 11) is 0. The highest BCUT2D eigenvalue weighted by molar-refractivity contribution is 6.30. The number of benzene rings is 12. The van der Waals surface area contributed by atoms with Crippen molar-refractivity contribution < 1.29 is 0 Å². The molecule has 1 nitrogen and oxygen atoms in total. The van der Waals surface area contributed by atoms with Crippen LogP contribution >= 0.6 is 0 Å². The molecule has 12 aromatic rings. The zero-order chi connectivity index (χ0) is 47.0. The number of fused-ring (bicyclic) bond motifs is 19. The molecule has 332 valence electrons. The van der Waals surface area contributed by atoms with Crippen LogP contribution < -0.4 is 4.90 Å². The number of hydrogen-bond donors (Lipinski definition) is 0. The molecule has 15 rings (SSSR count). The predicted molar refractivity (Wildman–Crippen MR) is 298 cm³/mol. The topological polar surface area (TPSA) is 3.24 Å². The smallest absolute Gasteiger partial charge is 0.0726 e. The SMILES string of the molecule is CC1(C)c2ccccc2-c2cc(N(c3ccc4c(c3)C3(c5ccccc5-c5ccccc53)c3ccccc3-4)c3ccc4c5ccccc5c5ccccc5c4c3-c3cccc(-c4ccccc4)c3)ccc21. The Morgan fingerprint density at radius 2 is 0.732 bits per heavy atom. The molecular formula is C70H47N. The lowest BCUT2D eigenvalue weighted by molar-refractivity contribution is 0.660. The Morgan fingerprint density at radius 1 is 0.282 bits per heavy atom. The first-order chi connectivity index (χ1) is 35.0. The molecule has 0 radical (unpaired) electrons. The first kappa shape index (κ1) is 40.1. The maximum atomic E-state index is 2.59. The van der Waals surface area contributed by atoms with Gasteiger partial charge in [0.25, 0.3) is 0 Å². The third-order valence-corrected chi connectivity index (χ3v) is 16.5. The van der Waals surface area contributed by atoms with Gasteiger partial charge in [-0.2, -0.15) is 0 Å². The van der Waals surface area contributed by atoms with Gasteiger partial charge in [-0.15, -0.1) is 0 Å². The summed E-state index contributed by atoms with van der Waals surface area (Å²) in [5.74, 6) is 0. The van der Waals surface area contributed by atoms with Crippen LogP contribution in [0.2, 0.25) is 0 Å². The maximum Gasteiger partial charge on any atom is 0.0726 e. The normalized spacial score (nSPS) is 14.0. The first-order valence-electron chi connectivity index (χ1n) is 25.0. The molecule has 0 heterocycles. The van der Waals surface area contributed by atoms with Gasteiger partial charge in [-0.1, -0.05) is 226 Å². The standard InChI is InChI=1S/C70H47N/c1-69(2)60-31-14-10-29-55(60)59-42-47(36-39-61(59)69)71(48-35-37-56-54-28-13-17-34-64(54)70(65(56)43-48)62-32-15-11-26-52(62)53-27-12-16-33-63(53)70)66-40-38-58-51-25-7-6-23-49(51)50-24-8-9-30-57(50)68(58)67(66)46-22-18-21-45(41-46)44-19-4-3-5-20-44/h3-43H,1-2H3. The van der Waals surface area contributed by atoms with Crippen LogP contribution in [-0.4, -0.2) is 0 Å². The van der Waals surface area contributed by atoms with Gasteiger partial charge in [0.1, 0.15) is 0 Å². The van der Waals surface area contributed by atoms with Gasteiger partial charge in [0.15, 0.2) is 0 Å². The van der Waals surface area contributed by atoms with Crippen molar-refractivity contribution in [3.63, 3.8) is 0 Å². The average Bonchev–Trinajstić information content (AvgIpc) is 4.00. The molecule has 0 saturated heterocycles. The lowest BCUT2D eigenvalue weighted by atomic mass is 9.70. The van der Waals surface area contributed by atoms with Gasteiger partial charge in [0.05, 0.1) is 11.1 Å². The highest BCUT2D eigenvalue weighted by Crippen LogP contribution is 2.64. The molecule has 0 fully saturated rings. The van der Waals surface area contributed by atoms with Crippen molar-refractivity contribution >= 4 is 49.4 Å². The van der Waals surface area contributed by atoms with Crippen LogP contribution in [0, 0.1) is 0 Å². The van der Waals surface area contributed by atoms with E-state index in [9.17, 15) is 0 Å². The summed E-state index contributed by atoms with van der Waals surface area (Å²) in [6.07, 6.45) is 0. The van der Waals surface area contributed by atoms with Crippen LogP contribution in [0.25, 0.3) is 88.0 Å². The van der Waals surface area contributed by atoms with Crippen molar-refractivity contribution in [1.29, 1.82) is 0 Å². The molecule has 3 aliphatic rings. The Labute approximate surface area is 414 Å². The molecular weight excluding hydrogens is 855 g/mol. The Kier molecular flexibility index (Phi) is 8.40. The fourth-order valence-electron chi connectivity index (χ4n) is 13.4. The van der Waals surface area contributed by atoms with Crippen LogP contribution in [0.15, 0.2) is 249 Å². The van der Waals surface area contributed by atoms with E-state index in [0.717, 1.165) is 17.1 Å². The van der Waals surface area contributed by atoms with Gasteiger partial charge >= 0.3 is 0 Å². The quantitative estimate of drug-likeness (QED) is 0.156. The molecule has 0 saturated carbocycles. The van der Waals surface area contributed by atoms with E-state index in [1.54, 1.807) is 0 Å². The van der Waals surface area contributed by atoms with Crippen LogP contribution in [0.1, 0.15) is 47.2 Å². The van der Waals surface area contributed by atoms with Crippen molar-refractivity contribution in [3.05, 3.63) is 282 Å². The Hall–Kier alpha value is -8.78. The molecule has 3 aliphatic carbocycles. The molecule has 1 heteroatoms. The molecule has 1 spiro atoms. The molecule has 0 bridgehead atoms. The lowest BCUT2D eigenvalue weighted by Crippen LogP contribution is -2.26. The minimum absolute atomic E-state index is 0.129. The van der Waals surface area contributed by atoms with E-state index in [0.29, 0.717) is 0 Å². The minimum Gasteiger partial charge on any atom is -0.310 e. The van der Waals surface area contributed by atoms with E-state index in [1.165, 1.54) is 121 Å². The number of hydrogen-bond acceptors (Lipinski definition) is 1. The van der Waals surface area contributed by atoms with E-state index in [4.69, 9.17) is 0 Å². The van der Waals surface area contributed by atoms with Crippen molar-refractivity contribution in [2.24, 2.45) is 0 Å². The number of nitrogens with zero attached hydrogens (tertiary/aromatic N) is 1. The third-order valence-electron chi connectivity index (χ3n) is 16.5. The predicted octanol–water partition coefficient (Wildman–Crippen LogP) is 18.6. The number of rotatable bonds is 5. The van der Waals surface area contributed by atoms with Gasteiger partial charge in [0.2, 0.25) is 0 Å². The summed E-state index contributed by atoms with van der Waals surface area (Å²) >= 11 is 0. The Morgan fingerprint density at radius 3 is 1.38 bits per heavy atom. The summed E-state index contributed by atoms with van der Waals surface area (Å²) in [4.78, 5) is 2.59. The van der Waals surface area contributed by atoms with Crippen molar-refractivity contribution in [1.82, 2.24) is 0 Å².